The molecule has 0 saturated carbocycles. The van der Waals surface area contributed by atoms with Crippen molar-refractivity contribution in [2.24, 2.45) is 0 Å². The number of benzene rings is 4. The summed E-state index contributed by atoms with van der Waals surface area (Å²) in [5.74, 6) is 1.56. The lowest BCUT2D eigenvalue weighted by molar-refractivity contribution is 0.415. The van der Waals surface area contributed by atoms with Crippen LogP contribution in [0.5, 0.6) is 5.75 Å². The summed E-state index contributed by atoms with van der Waals surface area (Å²) in [5.41, 5.74) is 6.30. The van der Waals surface area contributed by atoms with E-state index in [9.17, 15) is 0 Å². The van der Waals surface area contributed by atoms with Crippen molar-refractivity contribution in [2.75, 3.05) is 12.4 Å². The Morgan fingerprint density at radius 1 is 0.722 bits per heavy atom. The molecule has 2 aromatic heterocycles. The molecule has 0 fully saturated rings. The molecule has 0 aliphatic rings. The van der Waals surface area contributed by atoms with Crippen molar-refractivity contribution in [1.29, 1.82) is 0 Å². The molecule has 4 aromatic carbocycles. The molecule has 0 amide bonds. The third-order valence-electron chi connectivity index (χ3n) is 6.39. The van der Waals surface area contributed by atoms with Gasteiger partial charge in [0.05, 0.1) is 12.6 Å². The average Bonchev–Trinajstić information content (AvgIpc) is 2.94. The average molecular weight is 469 g/mol. The number of aromatic nitrogens is 3. The molecular weight excluding hydrogens is 444 g/mol. The summed E-state index contributed by atoms with van der Waals surface area (Å²) in [7, 11) is 1.67. The summed E-state index contributed by atoms with van der Waals surface area (Å²) in [6, 6.07) is 35.0. The van der Waals surface area contributed by atoms with Gasteiger partial charge in [0, 0.05) is 39.7 Å². The van der Waals surface area contributed by atoms with Crippen LogP contribution in [-0.2, 0) is 6.42 Å². The van der Waals surface area contributed by atoms with Crippen LogP contribution in [0.3, 0.4) is 0 Å². The zero-order valence-electron chi connectivity index (χ0n) is 19.8. The lowest BCUT2D eigenvalue weighted by atomic mass is 10.0. The predicted molar refractivity (Wildman–Crippen MR) is 146 cm³/mol. The van der Waals surface area contributed by atoms with E-state index in [1.165, 1.54) is 11.1 Å². The van der Waals surface area contributed by atoms with Gasteiger partial charge in [-0.3, -0.25) is 4.98 Å². The second-order valence-electron chi connectivity index (χ2n) is 8.66. The standard InChI is InChI=1S/C31H24N4O/c1-36-25-15-16-26-23(17-18-32-29(26)20-25)19-21-11-13-24(14-12-21)33-31-28-10-6-5-9-27(28)30(34-35-31)22-7-3-2-4-8-22/h2-18,20H,19H2,1H3,(H,33,35). The summed E-state index contributed by atoms with van der Waals surface area (Å²) in [5, 5.41) is 15.8. The Hall–Kier alpha value is -4.77. The number of rotatable bonds is 6. The second-order valence-corrected chi connectivity index (χ2v) is 8.66. The molecule has 0 bridgehead atoms. The Morgan fingerprint density at radius 2 is 1.50 bits per heavy atom. The van der Waals surface area contributed by atoms with Gasteiger partial charge in [-0.2, -0.15) is 0 Å². The number of hydrogen-bond acceptors (Lipinski definition) is 5. The zero-order valence-corrected chi connectivity index (χ0v) is 19.8. The smallest absolute Gasteiger partial charge is 0.161 e. The highest BCUT2D eigenvalue weighted by Crippen LogP contribution is 2.31. The molecule has 0 saturated heterocycles. The number of methoxy groups -OCH3 is 1. The first-order valence-electron chi connectivity index (χ1n) is 11.9. The van der Waals surface area contributed by atoms with Crippen LogP contribution in [-0.4, -0.2) is 22.3 Å². The van der Waals surface area contributed by atoms with Crippen LogP contribution in [0, 0.1) is 0 Å². The van der Waals surface area contributed by atoms with Gasteiger partial charge in [0.2, 0.25) is 0 Å². The third-order valence-corrected chi connectivity index (χ3v) is 6.39. The van der Waals surface area contributed by atoms with Crippen molar-refractivity contribution < 1.29 is 4.74 Å². The van der Waals surface area contributed by atoms with E-state index < -0.39 is 0 Å². The van der Waals surface area contributed by atoms with Gasteiger partial charge >= 0.3 is 0 Å². The van der Waals surface area contributed by atoms with E-state index in [4.69, 9.17) is 4.74 Å². The molecule has 0 unspecified atom stereocenters. The molecule has 5 nitrogen and oxygen atoms in total. The summed E-state index contributed by atoms with van der Waals surface area (Å²) in [6.45, 7) is 0. The molecule has 2 heterocycles. The number of ether oxygens (including phenoxy) is 1. The van der Waals surface area contributed by atoms with Crippen LogP contribution in [0.1, 0.15) is 11.1 Å². The van der Waals surface area contributed by atoms with E-state index in [2.05, 4.69) is 81.2 Å². The highest BCUT2D eigenvalue weighted by molar-refractivity contribution is 6.00. The van der Waals surface area contributed by atoms with E-state index in [-0.39, 0.29) is 0 Å². The lowest BCUT2D eigenvalue weighted by Gasteiger charge is -2.12. The molecule has 6 aromatic rings. The van der Waals surface area contributed by atoms with Gasteiger partial charge in [0.15, 0.2) is 5.82 Å². The van der Waals surface area contributed by atoms with Crippen molar-refractivity contribution >= 4 is 33.2 Å². The van der Waals surface area contributed by atoms with Crippen LogP contribution in [0.2, 0.25) is 0 Å². The van der Waals surface area contributed by atoms with E-state index >= 15 is 0 Å². The molecule has 0 atom stereocenters. The van der Waals surface area contributed by atoms with Crippen molar-refractivity contribution in [3.05, 3.63) is 120 Å². The Balaban J connectivity index is 1.26. The van der Waals surface area contributed by atoms with Gasteiger partial charge in [-0.15, -0.1) is 10.2 Å². The molecule has 5 heteroatoms. The number of anilines is 2. The molecule has 6 rings (SSSR count). The van der Waals surface area contributed by atoms with E-state index in [0.29, 0.717) is 0 Å². The van der Waals surface area contributed by atoms with Gasteiger partial charge in [-0.25, -0.2) is 0 Å². The van der Waals surface area contributed by atoms with Crippen molar-refractivity contribution in [3.63, 3.8) is 0 Å². The fourth-order valence-corrected chi connectivity index (χ4v) is 4.54. The van der Waals surface area contributed by atoms with Crippen LogP contribution >= 0.6 is 0 Å². The number of nitrogens with one attached hydrogen (secondary N) is 1. The maximum absolute atomic E-state index is 5.34. The largest absolute Gasteiger partial charge is 0.497 e. The summed E-state index contributed by atoms with van der Waals surface area (Å²) in [6.07, 6.45) is 2.68. The first-order chi connectivity index (χ1) is 17.8. The summed E-state index contributed by atoms with van der Waals surface area (Å²) < 4.78 is 5.34. The van der Waals surface area contributed by atoms with E-state index in [0.717, 1.165) is 56.6 Å². The van der Waals surface area contributed by atoms with Gasteiger partial charge in [0.25, 0.3) is 0 Å². The fourth-order valence-electron chi connectivity index (χ4n) is 4.54. The second kappa shape index (κ2) is 9.47. The molecule has 0 aliphatic heterocycles. The molecule has 0 radical (unpaired) electrons. The number of hydrogen-bond donors (Lipinski definition) is 1. The molecule has 1 N–H and O–H groups in total. The molecule has 0 aliphatic carbocycles. The SMILES string of the molecule is COc1ccc2c(Cc3ccc(Nc4nnc(-c5ccccc5)c5ccccc45)cc3)ccnc2c1. The Kier molecular flexibility index (Phi) is 5.72. The van der Waals surface area contributed by atoms with Crippen molar-refractivity contribution in [1.82, 2.24) is 15.2 Å². The highest BCUT2D eigenvalue weighted by Gasteiger charge is 2.11. The molecule has 174 valence electrons. The normalized spacial score (nSPS) is 11.0. The molecule has 36 heavy (non-hydrogen) atoms. The fraction of sp³-hybridized carbons (Fsp3) is 0.0645. The van der Waals surface area contributed by atoms with Crippen LogP contribution in [0.15, 0.2) is 109 Å². The maximum Gasteiger partial charge on any atom is 0.161 e. The first kappa shape index (κ1) is 21.7. The van der Waals surface area contributed by atoms with Gasteiger partial charge in [-0.1, -0.05) is 66.7 Å². The maximum atomic E-state index is 5.34. The van der Waals surface area contributed by atoms with Crippen LogP contribution in [0.4, 0.5) is 11.5 Å². The Labute approximate surface area is 209 Å². The molecular formula is C31H24N4O. The van der Waals surface area contributed by atoms with E-state index in [1.807, 2.05) is 48.7 Å². The minimum Gasteiger partial charge on any atom is -0.497 e. The topological polar surface area (TPSA) is 59.9 Å². The summed E-state index contributed by atoms with van der Waals surface area (Å²) in [4.78, 5) is 4.50. The van der Waals surface area contributed by atoms with Gasteiger partial charge in [0.1, 0.15) is 11.4 Å². The highest BCUT2D eigenvalue weighted by atomic mass is 16.5. The first-order valence-corrected chi connectivity index (χ1v) is 11.9. The number of pyridine rings is 1. The minimum absolute atomic E-state index is 0.743. The summed E-state index contributed by atoms with van der Waals surface area (Å²) >= 11 is 0. The molecule has 0 spiro atoms. The monoisotopic (exact) mass is 468 g/mol. The quantitative estimate of drug-likeness (QED) is 0.280. The van der Waals surface area contributed by atoms with Crippen molar-refractivity contribution in [2.45, 2.75) is 6.42 Å². The third kappa shape index (κ3) is 4.23. The van der Waals surface area contributed by atoms with Gasteiger partial charge < -0.3 is 10.1 Å². The minimum atomic E-state index is 0.743. The van der Waals surface area contributed by atoms with Crippen LogP contribution in [0.25, 0.3) is 32.9 Å². The number of nitrogens with zero attached hydrogens (tertiary/aromatic N) is 3. The van der Waals surface area contributed by atoms with Gasteiger partial charge in [-0.05, 0) is 47.9 Å². The van der Waals surface area contributed by atoms with Crippen LogP contribution < -0.4 is 10.1 Å². The van der Waals surface area contributed by atoms with Crippen molar-refractivity contribution in [3.8, 4) is 17.0 Å². The Bertz CT molecular complexity index is 1660. The van der Waals surface area contributed by atoms with E-state index in [1.54, 1.807) is 7.11 Å². The number of fused-ring (bicyclic) bond motifs is 2. The lowest BCUT2D eigenvalue weighted by Crippen LogP contribution is -1.99. The Morgan fingerprint density at radius 3 is 2.31 bits per heavy atom. The predicted octanol–water partition coefficient (Wildman–Crippen LogP) is 7.19. The zero-order chi connectivity index (χ0) is 24.3.